The number of nitrogens with zero attached hydrogens (tertiary/aromatic N) is 3. The molecule has 2 rings (SSSR count). The van der Waals surface area contributed by atoms with Gasteiger partial charge in [0.05, 0.1) is 31.3 Å². The third-order valence-corrected chi connectivity index (χ3v) is 2.91. The molecule has 1 saturated heterocycles. The number of unbranched alkanes of at least 4 members (excludes halogenated alkanes) is 1. The van der Waals surface area contributed by atoms with E-state index in [1.807, 2.05) is 12.2 Å². The number of hydrogen-bond donors (Lipinski definition) is 0. The van der Waals surface area contributed by atoms with Gasteiger partial charge >= 0.3 is 0 Å². The van der Waals surface area contributed by atoms with Crippen LogP contribution in [0.4, 0.5) is 0 Å². The van der Waals surface area contributed by atoms with Gasteiger partial charge in [0, 0.05) is 13.1 Å². The Hall–Kier alpha value is -1.75. The van der Waals surface area contributed by atoms with E-state index < -0.39 is 0 Å². The van der Waals surface area contributed by atoms with Crippen LogP contribution in [0.15, 0.2) is 18.5 Å². The van der Waals surface area contributed by atoms with Crippen LogP contribution in [0, 0.1) is 0 Å². The first kappa shape index (κ1) is 13.7. The first-order valence-corrected chi connectivity index (χ1v) is 6.67. The Kier molecular flexibility index (Phi) is 5.03. The van der Waals surface area contributed by atoms with Crippen molar-refractivity contribution in [3.8, 4) is 0 Å². The molecule has 1 amide bonds. The molecule has 1 aliphatic rings. The van der Waals surface area contributed by atoms with Gasteiger partial charge in [-0.1, -0.05) is 19.4 Å². The van der Waals surface area contributed by atoms with Crippen LogP contribution in [0.5, 0.6) is 0 Å². The topological polar surface area (TPSA) is 55.3 Å². The molecule has 1 aromatic heterocycles. The van der Waals surface area contributed by atoms with Gasteiger partial charge in [0.25, 0.3) is 5.91 Å². The van der Waals surface area contributed by atoms with E-state index in [4.69, 9.17) is 4.74 Å². The van der Waals surface area contributed by atoms with E-state index in [-0.39, 0.29) is 5.91 Å². The summed E-state index contributed by atoms with van der Waals surface area (Å²) in [6.07, 6.45) is 9.25. The van der Waals surface area contributed by atoms with Gasteiger partial charge < -0.3 is 9.64 Å². The van der Waals surface area contributed by atoms with Crippen molar-refractivity contribution in [1.82, 2.24) is 14.9 Å². The second-order valence-corrected chi connectivity index (χ2v) is 4.42. The zero-order valence-corrected chi connectivity index (χ0v) is 11.2. The standard InChI is InChI=1S/C14H19N3O2/c1-2-3-4-5-12-10-15-11-13(16-12)14(18)17-6-8-19-9-7-17/h4-5,10-11H,2-3,6-9H2,1H3/b5-4+. The van der Waals surface area contributed by atoms with E-state index in [9.17, 15) is 4.79 Å². The van der Waals surface area contributed by atoms with Crippen molar-refractivity contribution in [2.24, 2.45) is 0 Å². The average molecular weight is 261 g/mol. The molecule has 1 aromatic rings. The SMILES string of the molecule is CCC/C=C/c1cncc(C(=O)N2CCOCC2)n1. The van der Waals surface area contributed by atoms with E-state index in [0.717, 1.165) is 18.5 Å². The minimum absolute atomic E-state index is 0.0680. The fourth-order valence-electron chi connectivity index (χ4n) is 1.86. The summed E-state index contributed by atoms with van der Waals surface area (Å²) in [6, 6.07) is 0. The molecule has 0 N–H and O–H groups in total. The second kappa shape index (κ2) is 6.99. The number of allylic oxidation sites excluding steroid dienone is 1. The van der Waals surface area contributed by atoms with E-state index >= 15 is 0 Å². The maximum Gasteiger partial charge on any atom is 0.274 e. The molecule has 5 nitrogen and oxygen atoms in total. The van der Waals surface area contributed by atoms with Crippen molar-refractivity contribution in [2.75, 3.05) is 26.3 Å². The highest BCUT2D eigenvalue weighted by Gasteiger charge is 2.19. The van der Waals surface area contributed by atoms with Crippen molar-refractivity contribution in [3.05, 3.63) is 29.9 Å². The smallest absolute Gasteiger partial charge is 0.274 e. The summed E-state index contributed by atoms with van der Waals surface area (Å²) in [4.78, 5) is 22.4. The summed E-state index contributed by atoms with van der Waals surface area (Å²) >= 11 is 0. The monoisotopic (exact) mass is 261 g/mol. The molecule has 0 unspecified atom stereocenters. The quantitative estimate of drug-likeness (QED) is 0.828. The summed E-state index contributed by atoms with van der Waals surface area (Å²) in [6.45, 7) is 4.55. The lowest BCUT2D eigenvalue weighted by atomic mass is 10.3. The van der Waals surface area contributed by atoms with Gasteiger partial charge in [-0.25, -0.2) is 4.98 Å². The summed E-state index contributed by atoms with van der Waals surface area (Å²) in [5.41, 5.74) is 1.13. The normalized spacial score (nSPS) is 15.9. The minimum Gasteiger partial charge on any atom is -0.378 e. The molecule has 5 heteroatoms. The van der Waals surface area contributed by atoms with Crippen LogP contribution in [0.25, 0.3) is 6.08 Å². The number of morpholine rings is 1. The molecule has 0 atom stereocenters. The highest BCUT2D eigenvalue weighted by atomic mass is 16.5. The van der Waals surface area contributed by atoms with Gasteiger partial charge in [-0.05, 0) is 12.5 Å². The van der Waals surface area contributed by atoms with E-state index in [0.29, 0.717) is 32.0 Å². The van der Waals surface area contributed by atoms with Gasteiger partial charge in [0.2, 0.25) is 0 Å². The van der Waals surface area contributed by atoms with Crippen LogP contribution in [0.2, 0.25) is 0 Å². The zero-order chi connectivity index (χ0) is 13.5. The largest absolute Gasteiger partial charge is 0.378 e. The Morgan fingerprint density at radius 2 is 2.21 bits per heavy atom. The third-order valence-electron chi connectivity index (χ3n) is 2.91. The van der Waals surface area contributed by atoms with Gasteiger partial charge in [-0.15, -0.1) is 0 Å². The van der Waals surface area contributed by atoms with Gasteiger partial charge in [-0.2, -0.15) is 0 Å². The van der Waals surface area contributed by atoms with Crippen LogP contribution in [-0.4, -0.2) is 47.1 Å². The highest BCUT2D eigenvalue weighted by molar-refractivity contribution is 5.92. The molecular formula is C14H19N3O2. The second-order valence-electron chi connectivity index (χ2n) is 4.42. The van der Waals surface area contributed by atoms with Crippen molar-refractivity contribution < 1.29 is 9.53 Å². The first-order valence-electron chi connectivity index (χ1n) is 6.67. The van der Waals surface area contributed by atoms with Crippen molar-refractivity contribution in [3.63, 3.8) is 0 Å². The Bertz CT molecular complexity index is 454. The van der Waals surface area contributed by atoms with Gasteiger partial charge in [0.15, 0.2) is 0 Å². The van der Waals surface area contributed by atoms with Crippen molar-refractivity contribution in [2.45, 2.75) is 19.8 Å². The molecule has 102 valence electrons. The molecule has 1 fully saturated rings. The Morgan fingerprint density at radius 1 is 1.42 bits per heavy atom. The molecule has 0 saturated carbocycles. The zero-order valence-electron chi connectivity index (χ0n) is 11.2. The summed E-state index contributed by atoms with van der Waals surface area (Å²) in [5, 5.41) is 0. The van der Waals surface area contributed by atoms with Crippen molar-refractivity contribution >= 4 is 12.0 Å². The number of hydrogen-bond acceptors (Lipinski definition) is 4. The van der Waals surface area contributed by atoms with E-state index in [1.165, 1.54) is 6.20 Å². The van der Waals surface area contributed by atoms with Crippen LogP contribution in [-0.2, 0) is 4.74 Å². The number of amides is 1. The van der Waals surface area contributed by atoms with Gasteiger partial charge in [-0.3, -0.25) is 9.78 Å². The van der Waals surface area contributed by atoms with Crippen LogP contribution in [0.3, 0.4) is 0 Å². The fourth-order valence-corrected chi connectivity index (χ4v) is 1.86. The predicted octanol–water partition coefficient (Wildman–Crippen LogP) is 1.76. The fraction of sp³-hybridized carbons (Fsp3) is 0.500. The number of carbonyl (C=O) groups excluding carboxylic acids is 1. The third kappa shape index (κ3) is 3.86. The van der Waals surface area contributed by atoms with Gasteiger partial charge in [0.1, 0.15) is 5.69 Å². The summed E-state index contributed by atoms with van der Waals surface area (Å²) in [7, 11) is 0. The molecule has 2 heterocycles. The number of rotatable bonds is 4. The van der Waals surface area contributed by atoms with E-state index in [1.54, 1.807) is 11.1 Å². The van der Waals surface area contributed by atoms with Crippen LogP contribution in [0.1, 0.15) is 35.9 Å². The number of carbonyl (C=O) groups is 1. The van der Waals surface area contributed by atoms with Crippen LogP contribution >= 0.6 is 0 Å². The summed E-state index contributed by atoms with van der Waals surface area (Å²) < 4.78 is 5.23. The molecular weight excluding hydrogens is 242 g/mol. The number of ether oxygens (including phenoxy) is 1. The molecule has 1 aliphatic heterocycles. The lowest BCUT2D eigenvalue weighted by Crippen LogP contribution is -2.41. The molecule has 0 aromatic carbocycles. The molecule has 19 heavy (non-hydrogen) atoms. The predicted molar refractivity (Wildman–Crippen MR) is 72.7 cm³/mol. The Morgan fingerprint density at radius 3 is 2.95 bits per heavy atom. The molecule has 0 bridgehead atoms. The average Bonchev–Trinajstić information content (AvgIpc) is 2.48. The lowest BCUT2D eigenvalue weighted by molar-refractivity contribution is 0.0298. The van der Waals surface area contributed by atoms with E-state index in [2.05, 4.69) is 16.9 Å². The summed E-state index contributed by atoms with van der Waals surface area (Å²) in [5.74, 6) is -0.0680. The number of aromatic nitrogens is 2. The highest BCUT2D eigenvalue weighted by Crippen LogP contribution is 2.06. The maximum absolute atomic E-state index is 12.2. The Balaban J connectivity index is 2.06. The lowest BCUT2D eigenvalue weighted by Gasteiger charge is -2.26. The molecule has 0 spiro atoms. The maximum atomic E-state index is 12.2. The first-order chi connectivity index (χ1) is 9.31. The Labute approximate surface area is 113 Å². The minimum atomic E-state index is -0.0680. The van der Waals surface area contributed by atoms with Crippen LogP contribution < -0.4 is 0 Å². The molecule has 0 radical (unpaired) electrons. The molecule has 0 aliphatic carbocycles. The van der Waals surface area contributed by atoms with Crippen molar-refractivity contribution in [1.29, 1.82) is 0 Å².